The Morgan fingerprint density at radius 2 is 1.66 bits per heavy atom. The molecule has 2 heterocycles. The van der Waals surface area contributed by atoms with E-state index in [-0.39, 0.29) is 30.7 Å². The summed E-state index contributed by atoms with van der Waals surface area (Å²) in [6, 6.07) is 10.7. The monoisotopic (exact) mass is 480 g/mol. The zero-order chi connectivity index (χ0) is 20.9. The molecule has 32 heavy (non-hydrogen) atoms. The van der Waals surface area contributed by atoms with Gasteiger partial charge in [0.2, 0.25) is 5.91 Å². The van der Waals surface area contributed by atoms with Crippen LogP contribution in [-0.4, -0.2) is 39.7 Å². The molecule has 4 rings (SSSR count). The van der Waals surface area contributed by atoms with Crippen LogP contribution in [0.15, 0.2) is 30.3 Å². The van der Waals surface area contributed by atoms with Crippen LogP contribution in [-0.2, 0) is 11.3 Å². The van der Waals surface area contributed by atoms with E-state index < -0.39 is 0 Å². The van der Waals surface area contributed by atoms with E-state index in [2.05, 4.69) is 53.0 Å². The third kappa shape index (κ3) is 6.72. The summed E-state index contributed by atoms with van der Waals surface area (Å²) >= 11 is 0. The quantitative estimate of drug-likeness (QED) is 0.603. The standard InChI is InChI=1S/C25H36N4O.2ClH/c1-19-24(20(2)29(27-19)23-11-7-4-8-12-23)18-28-15-13-22(14-16-28)26-25(30)17-21-9-5-3-6-10-21;;/h4,7-8,11-12,21-22H,3,5-6,9-10,13-18H2,1-2H3,(H,26,30);2*1H. The fourth-order valence-corrected chi connectivity index (χ4v) is 5.12. The van der Waals surface area contributed by atoms with Gasteiger partial charge in [-0.25, -0.2) is 4.68 Å². The van der Waals surface area contributed by atoms with Crippen LogP contribution in [0.4, 0.5) is 0 Å². The Morgan fingerprint density at radius 3 is 2.31 bits per heavy atom. The second-order valence-corrected chi connectivity index (χ2v) is 9.22. The molecule has 1 amide bonds. The molecule has 178 valence electrons. The van der Waals surface area contributed by atoms with Gasteiger partial charge in [0.15, 0.2) is 0 Å². The summed E-state index contributed by atoms with van der Waals surface area (Å²) in [5, 5.41) is 8.11. The molecule has 1 aromatic heterocycles. The summed E-state index contributed by atoms with van der Waals surface area (Å²) in [6.45, 7) is 7.28. The first-order valence-electron chi connectivity index (χ1n) is 11.7. The molecule has 1 saturated carbocycles. The van der Waals surface area contributed by atoms with E-state index in [4.69, 9.17) is 5.10 Å². The van der Waals surface area contributed by atoms with Crippen molar-refractivity contribution in [2.24, 2.45) is 5.92 Å². The van der Waals surface area contributed by atoms with Crippen molar-refractivity contribution in [2.75, 3.05) is 13.1 Å². The summed E-state index contributed by atoms with van der Waals surface area (Å²) in [6.07, 6.45) is 9.24. The minimum Gasteiger partial charge on any atom is -0.353 e. The first-order valence-corrected chi connectivity index (χ1v) is 11.7. The summed E-state index contributed by atoms with van der Waals surface area (Å²) < 4.78 is 2.06. The maximum atomic E-state index is 12.4. The molecule has 0 spiro atoms. The highest BCUT2D eigenvalue weighted by Crippen LogP contribution is 2.26. The van der Waals surface area contributed by atoms with Crippen LogP contribution in [0.2, 0.25) is 0 Å². The number of rotatable bonds is 6. The van der Waals surface area contributed by atoms with Crippen molar-refractivity contribution in [3.05, 3.63) is 47.3 Å². The summed E-state index contributed by atoms with van der Waals surface area (Å²) in [7, 11) is 0. The zero-order valence-corrected chi connectivity index (χ0v) is 21.0. The number of hydrogen-bond donors (Lipinski definition) is 1. The maximum Gasteiger partial charge on any atom is 0.220 e. The molecule has 1 saturated heterocycles. The fourth-order valence-electron chi connectivity index (χ4n) is 5.12. The van der Waals surface area contributed by atoms with E-state index in [0.29, 0.717) is 12.0 Å². The Bertz CT molecular complexity index is 841. The Morgan fingerprint density at radius 1 is 1.00 bits per heavy atom. The van der Waals surface area contributed by atoms with Gasteiger partial charge in [-0.3, -0.25) is 9.69 Å². The van der Waals surface area contributed by atoms with Crippen LogP contribution < -0.4 is 5.32 Å². The minimum atomic E-state index is 0. The van der Waals surface area contributed by atoms with E-state index in [1.165, 1.54) is 43.4 Å². The Kier molecular flexibility index (Phi) is 10.5. The third-order valence-corrected chi connectivity index (χ3v) is 6.98. The third-order valence-electron chi connectivity index (χ3n) is 6.98. The lowest BCUT2D eigenvalue weighted by Gasteiger charge is -2.33. The lowest BCUT2D eigenvalue weighted by atomic mass is 9.86. The lowest BCUT2D eigenvalue weighted by molar-refractivity contribution is -0.123. The number of aryl methyl sites for hydroxylation is 1. The summed E-state index contributed by atoms with van der Waals surface area (Å²) in [5.74, 6) is 0.891. The van der Waals surface area contributed by atoms with Gasteiger partial charge in [0.05, 0.1) is 11.4 Å². The van der Waals surface area contributed by atoms with Crippen LogP contribution in [0, 0.1) is 19.8 Å². The number of nitrogens with one attached hydrogen (secondary N) is 1. The maximum absolute atomic E-state index is 12.4. The highest BCUT2D eigenvalue weighted by atomic mass is 35.5. The van der Waals surface area contributed by atoms with Gasteiger partial charge in [0.1, 0.15) is 0 Å². The van der Waals surface area contributed by atoms with E-state index in [9.17, 15) is 4.79 Å². The number of amides is 1. The van der Waals surface area contributed by atoms with Crippen LogP contribution in [0.5, 0.6) is 0 Å². The predicted molar refractivity (Wildman–Crippen MR) is 135 cm³/mol. The molecule has 0 unspecified atom stereocenters. The molecule has 1 N–H and O–H groups in total. The van der Waals surface area contributed by atoms with Crippen molar-refractivity contribution in [1.29, 1.82) is 0 Å². The van der Waals surface area contributed by atoms with E-state index in [1.807, 2.05) is 6.07 Å². The number of carbonyl (C=O) groups is 1. The van der Waals surface area contributed by atoms with Crippen molar-refractivity contribution >= 4 is 30.7 Å². The fraction of sp³-hybridized carbons (Fsp3) is 0.600. The number of hydrogen-bond acceptors (Lipinski definition) is 3. The summed E-state index contributed by atoms with van der Waals surface area (Å²) in [4.78, 5) is 15.0. The van der Waals surface area contributed by atoms with Gasteiger partial charge >= 0.3 is 0 Å². The van der Waals surface area contributed by atoms with Gasteiger partial charge in [-0.15, -0.1) is 24.8 Å². The average molecular weight is 482 g/mol. The molecule has 1 aromatic carbocycles. The Hall–Kier alpha value is -1.56. The van der Waals surface area contributed by atoms with Crippen molar-refractivity contribution in [2.45, 2.75) is 77.8 Å². The molecular formula is C25H38Cl2N4O. The molecule has 0 atom stereocenters. The van der Waals surface area contributed by atoms with Crippen LogP contribution >= 0.6 is 24.8 Å². The molecule has 2 aromatic rings. The molecule has 0 radical (unpaired) electrons. The first-order chi connectivity index (χ1) is 14.6. The zero-order valence-electron chi connectivity index (χ0n) is 19.4. The second kappa shape index (κ2) is 12.6. The molecule has 2 aliphatic rings. The number of benzene rings is 1. The topological polar surface area (TPSA) is 50.2 Å². The number of carbonyl (C=O) groups excluding carboxylic acids is 1. The van der Waals surface area contributed by atoms with Gasteiger partial charge in [0, 0.05) is 43.4 Å². The molecule has 0 bridgehead atoms. The molecule has 1 aliphatic heterocycles. The minimum absolute atomic E-state index is 0. The van der Waals surface area contributed by atoms with Crippen molar-refractivity contribution < 1.29 is 4.79 Å². The largest absolute Gasteiger partial charge is 0.353 e. The number of nitrogens with zero attached hydrogens (tertiary/aromatic N) is 3. The van der Waals surface area contributed by atoms with Gasteiger partial charge in [-0.1, -0.05) is 37.5 Å². The van der Waals surface area contributed by atoms with Crippen molar-refractivity contribution in [1.82, 2.24) is 20.0 Å². The molecule has 7 heteroatoms. The van der Waals surface area contributed by atoms with Gasteiger partial charge < -0.3 is 5.32 Å². The summed E-state index contributed by atoms with van der Waals surface area (Å²) in [5.41, 5.74) is 4.78. The van der Waals surface area contributed by atoms with Crippen LogP contribution in [0.25, 0.3) is 5.69 Å². The van der Waals surface area contributed by atoms with Gasteiger partial charge in [-0.2, -0.15) is 5.10 Å². The van der Waals surface area contributed by atoms with Crippen LogP contribution in [0.3, 0.4) is 0 Å². The highest BCUT2D eigenvalue weighted by molar-refractivity contribution is 5.85. The van der Waals surface area contributed by atoms with Gasteiger partial charge in [0.25, 0.3) is 0 Å². The number of aromatic nitrogens is 2. The van der Waals surface area contributed by atoms with E-state index in [0.717, 1.165) is 50.3 Å². The number of para-hydroxylation sites is 1. The second-order valence-electron chi connectivity index (χ2n) is 9.22. The molecular weight excluding hydrogens is 443 g/mol. The highest BCUT2D eigenvalue weighted by Gasteiger charge is 2.24. The lowest BCUT2D eigenvalue weighted by Crippen LogP contribution is -2.44. The van der Waals surface area contributed by atoms with Crippen molar-refractivity contribution in [3.63, 3.8) is 0 Å². The number of likely N-dealkylation sites (tertiary alicyclic amines) is 1. The van der Waals surface area contributed by atoms with Crippen molar-refractivity contribution in [3.8, 4) is 5.69 Å². The number of halogens is 2. The Labute approximate surface area is 205 Å². The van der Waals surface area contributed by atoms with E-state index >= 15 is 0 Å². The van der Waals surface area contributed by atoms with Crippen LogP contribution in [0.1, 0.15) is 68.3 Å². The molecule has 2 fully saturated rings. The van der Waals surface area contributed by atoms with E-state index in [1.54, 1.807) is 0 Å². The first kappa shape index (κ1) is 26.7. The number of piperidine rings is 1. The smallest absolute Gasteiger partial charge is 0.220 e. The molecule has 5 nitrogen and oxygen atoms in total. The van der Waals surface area contributed by atoms with Gasteiger partial charge in [-0.05, 0) is 57.6 Å². The molecule has 1 aliphatic carbocycles. The Balaban J connectivity index is 0.00000181. The average Bonchev–Trinajstić information content (AvgIpc) is 3.04. The normalized spacial score (nSPS) is 17.9. The predicted octanol–water partition coefficient (Wildman–Crippen LogP) is 5.38. The SMILES string of the molecule is Cc1nn(-c2ccccc2)c(C)c1CN1CCC(NC(=O)CC2CCCCC2)CC1.Cl.Cl.